The Bertz CT molecular complexity index is 1380. The van der Waals surface area contributed by atoms with Crippen LogP contribution in [-0.2, 0) is 11.3 Å². The van der Waals surface area contributed by atoms with E-state index >= 15 is 0 Å². The quantitative estimate of drug-likeness (QED) is 0.620. The number of H-pyrrole nitrogens is 1. The van der Waals surface area contributed by atoms with Gasteiger partial charge in [0, 0.05) is 42.7 Å². The van der Waals surface area contributed by atoms with E-state index in [9.17, 15) is 19.2 Å². The van der Waals surface area contributed by atoms with Crippen LogP contribution in [0.15, 0.2) is 52.1 Å². The second kappa shape index (κ2) is 9.10. The predicted octanol–water partition coefficient (Wildman–Crippen LogP) is 2.48. The van der Waals surface area contributed by atoms with Crippen LogP contribution >= 0.6 is 11.6 Å². The van der Waals surface area contributed by atoms with Crippen LogP contribution in [0.25, 0.3) is 10.9 Å². The summed E-state index contributed by atoms with van der Waals surface area (Å²) in [6.07, 6.45) is 3.08. The maximum absolute atomic E-state index is 13.1. The molecule has 3 aromatic rings. The van der Waals surface area contributed by atoms with Crippen molar-refractivity contribution in [1.29, 1.82) is 0 Å². The van der Waals surface area contributed by atoms with E-state index in [-0.39, 0.29) is 24.3 Å². The van der Waals surface area contributed by atoms with Crippen molar-refractivity contribution in [3.05, 3.63) is 79.5 Å². The van der Waals surface area contributed by atoms with Crippen LogP contribution in [0.1, 0.15) is 35.2 Å². The summed E-state index contributed by atoms with van der Waals surface area (Å²) < 4.78 is 1.46. The average Bonchev–Trinajstić information content (AvgIpc) is 2.80. The van der Waals surface area contributed by atoms with Crippen molar-refractivity contribution in [2.75, 3.05) is 26.2 Å². The Balaban J connectivity index is 1.33. The van der Waals surface area contributed by atoms with E-state index in [2.05, 4.69) is 4.98 Å². The number of amides is 2. The standard InChI is InChI=1S/C25H25ClN4O4/c26-19-7-8-21-20(14-19)22(31)27-25(34)30(21)15-16-3-1-6-18(13-16)24(33)29-11-9-28(10-12-29)23(32)17-4-2-5-17/h1,3,6-8,13-14,17H,2,4-5,9-12,15H2,(H,27,31,34). The third-order valence-corrected chi connectivity index (χ3v) is 7.04. The Hall–Kier alpha value is -3.39. The van der Waals surface area contributed by atoms with E-state index in [4.69, 9.17) is 11.6 Å². The predicted molar refractivity (Wildman–Crippen MR) is 129 cm³/mol. The Morgan fingerprint density at radius 3 is 2.41 bits per heavy atom. The molecule has 0 bridgehead atoms. The Kier molecular flexibility index (Phi) is 6.00. The fourth-order valence-corrected chi connectivity index (χ4v) is 4.81. The van der Waals surface area contributed by atoms with Gasteiger partial charge in [-0.25, -0.2) is 4.79 Å². The Morgan fingerprint density at radius 1 is 0.971 bits per heavy atom. The van der Waals surface area contributed by atoms with Gasteiger partial charge in [0.05, 0.1) is 17.4 Å². The molecule has 2 aromatic carbocycles. The molecule has 1 aliphatic heterocycles. The third kappa shape index (κ3) is 4.25. The molecule has 5 rings (SSSR count). The molecule has 2 aliphatic rings. The fraction of sp³-hybridized carbons (Fsp3) is 0.360. The zero-order valence-electron chi connectivity index (χ0n) is 18.6. The van der Waals surface area contributed by atoms with Crippen molar-refractivity contribution in [2.24, 2.45) is 5.92 Å². The van der Waals surface area contributed by atoms with Gasteiger partial charge in [0.25, 0.3) is 11.5 Å². The molecule has 176 valence electrons. The largest absolute Gasteiger partial charge is 0.339 e. The molecule has 0 spiro atoms. The first kappa shape index (κ1) is 22.4. The molecule has 1 saturated carbocycles. The number of nitrogens with one attached hydrogen (secondary N) is 1. The number of halogens is 1. The van der Waals surface area contributed by atoms with Gasteiger partial charge >= 0.3 is 5.69 Å². The molecule has 0 radical (unpaired) electrons. The lowest BCUT2D eigenvalue weighted by atomic mass is 9.84. The normalized spacial score (nSPS) is 16.5. The zero-order valence-corrected chi connectivity index (χ0v) is 19.4. The molecule has 8 nitrogen and oxygen atoms in total. The van der Waals surface area contributed by atoms with Crippen LogP contribution in [0.5, 0.6) is 0 Å². The molecule has 34 heavy (non-hydrogen) atoms. The smallest absolute Gasteiger partial charge is 0.329 e. The molecule has 1 aromatic heterocycles. The summed E-state index contributed by atoms with van der Waals surface area (Å²) in [4.78, 5) is 56.3. The second-order valence-electron chi connectivity index (χ2n) is 8.95. The van der Waals surface area contributed by atoms with Crippen LogP contribution in [-0.4, -0.2) is 57.3 Å². The molecule has 2 amide bonds. The van der Waals surface area contributed by atoms with Crippen molar-refractivity contribution in [1.82, 2.24) is 19.4 Å². The number of aromatic amines is 1. The lowest BCUT2D eigenvalue weighted by Crippen LogP contribution is -2.52. The number of piperazine rings is 1. The first-order chi connectivity index (χ1) is 16.4. The number of hydrogen-bond acceptors (Lipinski definition) is 4. The molecular formula is C25H25ClN4O4. The highest BCUT2D eigenvalue weighted by molar-refractivity contribution is 6.31. The summed E-state index contributed by atoms with van der Waals surface area (Å²) in [5.41, 5.74) is 0.750. The summed E-state index contributed by atoms with van der Waals surface area (Å²) in [6, 6.07) is 12.0. The van der Waals surface area contributed by atoms with Gasteiger partial charge < -0.3 is 9.80 Å². The Labute approximate surface area is 200 Å². The molecule has 0 atom stereocenters. The number of benzene rings is 2. The molecule has 2 fully saturated rings. The van der Waals surface area contributed by atoms with E-state index in [0.29, 0.717) is 47.7 Å². The van der Waals surface area contributed by atoms with Crippen LogP contribution in [0.4, 0.5) is 0 Å². The number of fused-ring (bicyclic) bond motifs is 1. The average molecular weight is 481 g/mol. The minimum absolute atomic E-state index is 0.0944. The third-order valence-electron chi connectivity index (χ3n) is 6.81. The summed E-state index contributed by atoms with van der Waals surface area (Å²) in [5.74, 6) is 0.297. The lowest BCUT2D eigenvalue weighted by Gasteiger charge is -2.38. The summed E-state index contributed by atoms with van der Waals surface area (Å²) in [5, 5.41) is 0.735. The molecule has 1 N–H and O–H groups in total. The van der Waals surface area contributed by atoms with Gasteiger partial charge in [-0.3, -0.25) is 23.9 Å². The van der Waals surface area contributed by atoms with Crippen molar-refractivity contribution in [2.45, 2.75) is 25.8 Å². The molecule has 0 unspecified atom stereocenters. The molecule has 1 aliphatic carbocycles. The minimum atomic E-state index is -0.524. The summed E-state index contributed by atoms with van der Waals surface area (Å²) in [6.45, 7) is 2.32. The number of carbonyl (C=O) groups excluding carboxylic acids is 2. The fourth-order valence-electron chi connectivity index (χ4n) is 4.63. The molecular weight excluding hydrogens is 456 g/mol. The first-order valence-corrected chi connectivity index (χ1v) is 11.9. The van der Waals surface area contributed by atoms with E-state index in [0.717, 1.165) is 24.8 Å². The van der Waals surface area contributed by atoms with Gasteiger partial charge in [-0.05, 0) is 48.7 Å². The van der Waals surface area contributed by atoms with Crippen molar-refractivity contribution in [3.63, 3.8) is 0 Å². The number of carbonyl (C=O) groups is 2. The SMILES string of the molecule is O=C(c1cccc(Cn2c(=O)[nH]c(=O)c3cc(Cl)ccc32)c1)N1CCN(C(=O)C2CCC2)CC1. The second-order valence-corrected chi connectivity index (χ2v) is 9.39. The van der Waals surface area contributed by atoms with Crippen LogP contribution in [0, 0.1) is 5.92 Å². The van der Waals surface area contributed by atoms with Crippen LogP contribution in [0.3, 0.4) is 0 Å². The number of nitrogens with zero attached hydrogens (tertiary/aromatic N) is 3. The van der Waals surface area contributed by atoms with Crippen LogP contribution < -0.4 is 11.2 Å². The van der Waals surface area contributed by atoms with E-state index in [1.807, 2.05) is 11.0 Å². The van der Waals surface area contributed by atoms with Gasteiger partial charge in [0.15, 0.2) is 0 Å². The van der Waals surface area contributed by atoms with Gasteiger partial charge in [-0.1, -0.05) is 30.2 Å². The number of aromatic nitrogens is 2. The van der Waals surface area contributed by atoms with Gasteiger partial charge in [-0.2, -0.15) is 0 Å². The first-order valence-electron chi connectivity index (χ1n) is 11.5. The zero-order chi connectivity index (χ0) is 23.8. The van der Waals surface area contributed by atoms with E-state index in [1.165, 1.54) is 10.6 Å². The Morgan fingerprint density at radius 2 is 1.71 bits per heavy atom. The highest BCUT2D eigenvalue weighted by atomic mass is 35.5. The summed E-state index contributed by atoms with van der Waals surface area (Å²) in [7, 11) is 0. The lowest BCUT2D eigenvalue weighted by molar-refractivity contribution is -0.139. The maximum Gasteiger partial charge on any atom is 0.329 e. The molecule has 1 saturated heterocycles. The van der Waals surface area contributed by atoms with Crippen molar-refractivity contribution < 1.29 is 9.59 Å². The highest BCUT2D eigenvalue weighted by Crippen LogP contribution is 2.28. The maximum atomic E-state index is 13.1. The number of hydrogen-bond donors (Lipinski definition) is 1. The van der Waals surface area contributed by atoms with E-state index < -0.39 is 11.2 Å². The van der Waals surface area contributed by atoms with Gasteiger partial charge in [0.1, 0.15) is 0 Å². The monoisotopic (exact) mass is 480 g/mol. The van der Waals surface area contributed by atoms with Gasteiger partial charge in [-0.15, -0.1) is 0 Å². The molecule has 9 heteroatoms. The van der Waals surface area contributed by atoms with E-state index in [1.54, 1.807) is 35.2 Å². The van der Waals surface area contributed by atoms with Crippen molar-refractivity contribution >= 4 is 34.3 Å². The van der Waals surface area contributed by atoms with Crippen molar-refractivity contribution in [3.8, 4) is 0 Å². The topological polar surface area (TPSA) is 95.5 Å². The minimum Gasteiger partial charge on any atom is -0.339 e. The van der Waals surface area contributed by atoms with Crippen LogP contribution in [0.2, 0.25) is 5.02 Å². The number of rotatable bonds is 4. The molecule has 2 heterocycles. The summed E-state index contributed by atoms with van der Waals surface area (Å²) >= 11 is 6.02. The van der Waals surface area contributed by atoms with Gasteiger partial charge in [0.2, 0.25) is 5.91 Å². The highest BCUT2D eigenvalue weighted by Gasteiger charge is 2.32.